The van der Waals surface area contributed by atoms with E-state index in [2.05, 4.69) is 49.1 Å². The summed E-state index contributed by atoms with van der Waals surface area (Å²) in [6.07, 6.45) is 5.17. The fraction of sp³-hybridized carbons (Fsp3) is 0.667. The molecular formula is C18H27NO. The van der Waals surface area contributed by atoms with Crippen LogP contribution in [0.4, 0.5) is 0 Å². The van der Waals surface area contributed by atoms with Crippen molar-refractivity contribution in [3.8, 4) is 0 Å². The largest absolute Gasteiger partial charge is 0.376 e. The van der Waals surface area contributed by atoms with Crippen LogP contribution in [0.5, 0.6) is 0 Å². The second-order valence-corrected chi connectivity index (χ2v) is 7.33. The molecular weight excluding hydrogens is 246 g/mol. The molecule has 0 aromatic heterocycles. The van der Waals surface area contributed by atoms with Crippen LogP contribution in [0.3, 0.4) is 0 Å². The zero-order chi connectivity index (χ0) is 14.1. The number of piperidine rings is 1. The molecule has 0 amide bonds. The van der Waals surface area contributed by atoms with Crippen LogP contribution in [-0.4, -0.2) is 30.2 Å². The number of benzene rings is 1. The van der Waals surface area contributed by atoms with Gasteiger partial charge in [0.15, 0.2) is 0 Å². The Kier molecular flexibility index (Phi) is 3.87. The molecule has 20 heavy (non-hydrogen) atoms. The lowest BCUT2D eigenvalue weighted by atomic mass is 9.69. The van der Waals surface area contributed by atoms with E-state index in [-0.39, 0.29) is 5.60 Å². The Morgan fingerprint density at radius 2 is 1.95 bits per heavy atom. The molecule has 2 heterocycles. The van der Waals surface area contributed by atoms with Gasteiger partial charge in [0.05, 0.1) is 5.60 Å². The van der Waals surface area contributed by atoms with Crippen LogP contribution >= 0.6 is 0 Å². The smallest absolute Gasteiger partial charge is 0.0632 e. The van der Waals surface area contributed by atoms with Gasteiger partial charge < -0.3 is 4.74 Å². The Labute approximate surface area is 123 Å². The molecule has 1 unspecified atom stereocenters. The maximum Gasteiger partial charge on any atom is 0.0632 e. The van der Waals surface area contributed by atoms with Crippen LogP contribution in [-0.2, 0) is 11.3 Å². The first-order chi connectivity index (χ1) is 9.57. The van der Waals surface area contributed by atoms with Crippen LogP contribution < -0.4 is 0 Å². The van der Waals surface area contributed by atoms with Gasteiger partial charge in [-0.2, -0.15) is 0 Å². The minimum Gasteiger partial charge on any atom is -0.376 e. The summed E-state index contributed by atoms with van der Waals surface area (Å²) in [7, 11) is 0. The molecule has 0 bridgehead atoms. The molecule has 1 aromatic rings. The summed E-state index contributed by atoms with van der Waals surface area (Å²) in [5, 5.41) is 0. The predicted octanol–water partition coefficient (Wildman–Crippen LogP) is 3.86. The van der Waals surface area contributed by atoms with Gasteiger partial charge in [0, 0.05) is 19.7 Å². The lowest BCUT2D eigenvalue weighted by Gasteiger charge is -2.50. The van der Waals surface area contributed by atoms with Crippen molar-refractivity contribution in [2.24, 2.45) is 5.41 Å². The van der Waals surface area contributed by atoms with E-state index in [4.69, 9.17) is 4.74 Å². The molecule has 1 atom stereocenters. The third-order valence-corrected chi connectivity index (χ3v) is 4.92. The SMILES string of the molecule is CC1(C)CC2(CCCN(Cc3ccccc3)C2)CCO1. The topological polar surface area (TPSA) is 12.5 Å². The molecule has 2 saturated heterocycles. The fourth-order valence-electron chi connectivity index (χ4n) is 4.22. The highest BCUT2D eigenvalue weighted by molar-refractivity contribution is 5.14. The number of rotatable bonds is 2. The van der Waals surface area contributed by atoms with E-state index in [1.54, 1.807) is 0 Å². The molecule has 1 aromatic carbocycles. The normalized spacial score (nSPS) is 30.5. The van der Waals surface area contributed by atoms with Crippen molar-refractivity contribution in [2.75, 3.05) is 19.7 Å². The van der Waals surface area contributed by atoms with Crippen LogP contribution in [0.2, 0.25) is 0 Å². The van der Waals surface area contributed by atoms with Gasteiger partial charge in [-0.15, -0.1) is 0 Å². The molecule has 2 nitrogen and oxygen atoms in total. The molecule has 110 valence electrons. The summed E-state index contributed by atoms with van der Waals surface area (Å²) in [4.78, 5) is 2.65. The highest BCUT2D eigenvalue weighted by Crippen LogP contribution is 2.45. The van der Waals surface area contributed by atoms with E-state index in [9.17, 15) is 0 Å². The predicted molar refractivity (Wildman–Crippen MR) is 82.7 cm³/mol. The van der Waals surface area contributed by atoms with Gasteiger partial charge in [0.2, 0.25) is 0 Å². The van der Waals surface area contributed by atoms with Crippen LogP contribution in [0.1, 0.15) is 45.1 Å². The number of likely N-dealkylation sites (tertiary alicyclic amines) is 1. The van der Waals surface area contributed by atoms with E-state index in [1.807, 2.05) is 0 Å². The number of nitrogens with zero attached hydrogens (tertiary/aromatic N) is 1. The second kappa shape index (κ2) is 5.50. The molecule has 0 aliphatic carbocycles. The molecule has 3 rings (SSSR count). The average Bonchev–Trinajstić information content (AvgIpc) is 2.38. The van der Waals surface area contributed by atoms with Crippen molar-refractivity contribution in [3.05, 3.63) is 35.9 Å². The highest BCUT2D eigenvalue weighted by atomic mass is 16.5. The van der Waals surface area contributed by atoms with Crippen molar-refractivity contribution >= 4 is 0 Å². The third kappa shape index (κ3) is 3.24. The average molecular weight is 273 g/mol. The Hall–Kier alpha value is -0.860. The summed E-state index contributed by atoms with van der Waals surface area (Å²) < 4.78 is 5.93. The standard InChI is InChI=1S/C18H27NO/c1-17(2)14-18(10-12-20-17)9-6-11-19(15-18)13-16-7-4-3-5-8-16/h3-5,7-8H,6,9-15H2,1-2H3. The molecule has 1 spiro atoms. The van der Waals surface area contributed by atoms with Crippen molar-refractivity contribution in [1.82, 2.24) is 4.90 Å². The molecule has 2 aliphatic rings. The van der Waals surface area contributed by atoms with E-state index in [0.29, 0.717) is 5.41 Å². The lowest BCUT2D eigenvalue weighted by Crippen LogP contribution is -2.50. The summed E-state index contributed by atoms with van der Waals surface area (Å²) in [6, 6.07) is 10.9. The number of hydrogen-bond acceptors (Lipinski definition) is 2. The minimum atomic E-state index is 0.0635. The highest BCUT2D eigenvalue weighted by Gasteiger charge is 2.43. The van der Waals surface area contributed by atoms with Gasteiger partial charge in [-0.1, -0.05) is 30.3 Å². The molecule has 2 heteroatoms. The van der Waals surface area contributed by atoms with Gasteiger partial charge in [0.1, 0.15) is 0 Å². The van der Waals surface area contributed by atoms with Crippen molar-refractivity contribution in [1.29, 1.82) is 0 Å². The van der Waals surface area contributed by atoms with Crippen molar-refractivity contribution < 1.29 is 4.74 Å². The van der Waals surface area contributed by atoms with Crippen molar-refractivity contribution in [3.63, 3.8) is 0 Å². The Morgan fingerprint density at radius 3 is 2.70 bits per heavy atom. The molecule has 0 saturated carbocycles. The fourth-order valence-corrected chi connectivity index (χ4v) is 4.22. The zero-order valence-electron chi connectivity index (χ0n) is 12.9. The summed E-state index contributed by atoms with van der Waals surface area (Å²) in [5.74, 6) is 0. The number of hydrogen-bond donors (Lipinski definition) is 0. The maximum absolute atomic E-state index is 5.93. The van der Waals surface area contributed by atoms with Gasteiger partial charge in [0.25, 0.3) is 0 Å². The third-order valence-electron chi connectivity index (χ3n) is 4.92. The van der Waals surface area contributed by atoms with E-state index in [0.717, 1.165) is 13.2 Å². The van der Waals surface area contributed by atoms with Crippen LogP contribution in [0.15, 0.2) is 30.3 Å². The molecule has 0 N–H and O–H groups in total. The van der Waals surface area contributed by atoms with Gasteiger partial charge in [-0.3, -0.25) is 4.90 Å². The first-order valence-electron chi connectivity index (χ1n) is 7.97. The monoisotopic (exact) mass is 273 g/mol. The Bertz CT molecular complexity index is 438. The number of ether oxygens (including phenoxy) is 1. The Balaban J connectivity index is 1.67. The van der Waals surface area contributed by atoms with Gasteiger partial charge >= 0.3 is 0 Å². The molecule has 2 fully saturated rings. The summed E-state index contributed by atoms with van der Waals surface area (Å²) in [6.45, 7) is 9.04. The second-order valence-electron chi connectivity index (χ2n) is 7.33. The van der Waals surface area contributed by atoms with Crippen LogP contribution in [0, 0.1) is 5.41 Å². The lowest BCUT2D eigenvalue weighted by molar-refractivity contribution is -0.123. The van der Waals surface area contributed by atoms with Crippen LogP contribution in [0.25, 0.3) is 0 Å². The van der Waals surface area contributed by atoms with E-state index in [1.165, 1.54) is 44.3 Å². The first-order valence-corrected chi connectivity index (χ1v) is 7.97. The molecule has 0 radical (unpaired) electrons. The zero-order valence-corrected chi connectivity index (χ0v) is 12.9. The molecule has 2 aliphatic heterocycles. The van der Waals surface area contributed by atoms with E-state index < -0.39 is 0 Å². The maximum atomic E-state index is 5.93. The van der Waals surface area contributed by atoms with E-state index >= 15 is 0 Å². The van der Waals surface area contributed by atoms with Crippen molar-refractivity contribution in [2.45, 2.75) is 51.7 Å². The first kappa shape index (κ1) is 14.1. The quantitative estimate of drug-likeness (QED) is 0.811. The Morgan fingerprint density at radius 1 is 1.15 bits per heavy atom. The minimum absolute atomic E-state index is 0.0635. The summed E-state index contributed by atoms with van der Waals surface area (Å²) >= 11 is 0. The summed E-state index contributed by atoms with van der Waals surface area (Å²) in [5.41, 5.74) is 2.00. The van der Waals surface area contributed by atoms with Gasteiger partial charge in [-0.05, 0) is 57.1 Å². The van der Waals surface area contributed by atoms with Gasteiger partial charge in [-0.25, -0.2) is 0 Å².